The lowest BCUT2D eigenvalue weighted by Gasteiger charge is -2.49. The van der Waals surface area contributed by atoms with E-state index in [1.165, 1.54) is 0 Å². The number of ether oxygens (including phenoxy) is 5. The molecule has 0 aliphatic carbocycles. The van der Waals surface area contributed by atoms with Crippen LogP contribution < -0.4 is 0 Å². The zero-order valence-corrected chi connectivity index (χ0v) is 14.7. The molecule has 0 aromatic carbocycles. The van der Waals surface area contributed by atoms with E-state index in [2.05, 4.69) is 0 Å². The molecular formula is C15H22O13. The number of aliphatic hydroxyl groups is 4. The Bertz CT molecular complexity index is 611. The summed E-state index contributed by atoms with van der Waals surface area (Å²) in [6.07, 6.45) is -13.8. The predicted octanol–water partition coefficient (Wildman–Crippen LogP) is -3.76. The molecule has 3 saturated heterocycles. The summed E-state index contributed by atoms with van der Waals surface area (Å²) < 4.78 is 26.1. The minimum absolute atomic E-state index is 0.328. The van der Waals surface area contributed by atoms with Crippen LogP contribution in [0.15, 0.2) is 0 Å². The van der Waals surface area contributed by atoms with Crippen LogP contribution in [-0.4, -0.2) is 117 Å². The number of carbonyl (C=O) groups is 2. The molecule has 28 heavy (non-hydrogen) atoms. The van der Waals surface area contributed by atoms with Gasteiger partial charge in [0.2, 0.25) is 0 Å². The van der Waals surface area contributed by atoms with Crippen LogP contribution in [0.5, 0.6) is 0 Å². The van der Waals surface area contributed by atoms with Crippen LogP contribution in [0.25, 0.3) is 0 Å². The van der Waals surface area contributed by atoms with E-state index in [1.807, 2.05) is 0 Å². The van der Waals surface area contributed by atoms with Crippen molar-refractivity contribution in [3.8, 4) is 0 Å². The third-order valence-electron chi connectivity index (χ3n) is 4.92. The number of rotatable bonds is 4. The number of carboxylic acid groups (broad SMARTS) is 2. The SMILES string of the molecule is C[C@]1(C(=O)O)OC[C@H]2O[C@@H](O[C@H]3[C@H](O)[C@@H](O)CO[C@@H]3C(=O)O)[C@@H](O)[C@@H](O)[C@@H]2O1. The summed E-state index contributed by atoms with van der Waals surface area (Å²) in [5.41, 5.74) is 0. The van der Waals surface area contributed by atoms with E-state index in [0.717, 1.165) is 6.92 Å². The molecule has 0 unspecified atom stereocenters. The van der Waals surface area contributed by atoms with Crippen molar-refractivity contribution in [1.82, 2.24) is 0 Å². The van der Waals surface area contributed by atoms with Gasteiger partial charge in [0.15, 0.2) is 12.4 Å². The Labute approximate surface area is 157 Å². The Hall–Kier alpha value is -1.42. The van der Waals surface area contributed by atoms with Gasteiger partial charge in [-0.25, -0.2) is 9.59 Å². The maximum absolute atomic E-state index is 11.3. The van der Waals surface area contributed by atoms with Gasteiger partial charge in [-0.15, -0.1) is 0 Å². The highest BCUT2D eigenvalue weighted by Crippen LogP contribution is 2.34. The lowest BCUT2D eigenvalue weighted by atomic mass is 9.96. The van der Waals surface area contributed by atoms with Gasteiger partial charge in [0.05, 0.1) is 13.2 Å². The molecular weight excluding hydrogens is 388 g/mol. The Balaban J connectivity index is 1.74. The molecule has 3 aliphatic heterocycles. The van der Waals surface area contributed by atoms with Crippen molar-refractivity contribution < 1.29 is 63.9 Å². The van der Waals surface area contributed by atoms with Crippen molar-refractivity contribution in [1.29, 1.82) is 0 Å². The van der Waals surface area contributed by atoms with Crippen molar-refractivity contribution in [2.75, 3.05) is 13.2 Å². The predicted molar refractivity (Wildman–Crippen MR) is 81.8 cm³/mol. The van der Waals surface area contributed by atoms with E-state index in [4.69, 9.17) is 28.8 Å². The average molecular weight is 410 g/mol. The molecule has 10 atom stereocenters. The van der Waals surface area contributed by atoms with Crippen LogP contribution in [0.1, 0.15) is 6.92 Å². The summed E-state index contributed by atoms with van der Waals surface area (Å²) in [5, 5.41) is 58.8. The van der Waals surface area contributed by atoms with Crippen LogP contribution in [0, 0.1) is 0 Å². The van der Waals surface area contributed by atoms with Crippen molar-refractivity contribution in [3.63, 3.8) is 0 Å². The Kier molecular flexibility index (Phi) is 5.91. The molecule has 3 heterocycles. The molecule has 0 radical (unpaired) electrons. The lowest BCUT2D eigenvalue weighted by Crippen LogP contribution is -2.68. The molecule has 3 rings (SSSR count). The third-order valence-corrected chi connectivity index (χ3v) is 4.92. The molecule has 3 fully saturated rings. The maximum atomic E-state index is 11.3. The zero-order valence-electron chi connectivity index (χ0n) is 14.7. The second kappa shape index (κ2) is 7.78. The summed E-state index contributed by atoms with van der Waals surface area (Å²) in [6, 6.07) is 0. The standard InChI is InChI=1S/C15H22O13/c1-15(14(22)23)25-3-5-9(28-15)7(18)8(19)13(26-5)27-10-6(17)4(16)2-24-11(10)12(20)21/h4-11,13,16-19H,2-3H2,1H3,(H,20,21)(H,22,23)/t4-,5+,6+,7+,8-,9+,10-,11-,13-,15-/m0/s1. The fourth-order valence-electron chi connectivity index (χ4n) is 3.26. The first-order chi connectivity index (χ1) is 13.0. The molecule has 0 saturated carbocycles. The van der Waals surface area contributed by atoms with Crippen LogP contribution in [0.4, 0.5) is 0 Å². The molecule has 0 spiro atoms. The fraction of sp³-hybridized carbons (Fsp3) is 0.867. The molecule has 6 N–H and O–H groups in total. The molecule has 0 aromatic rings. The van der Waals surface area contributed by atoms with Gasteiger partial charge in [-0.3, -0.25) is 0 Å². The highest BCUT2D eigenvalue weighted by atomic mass is 16.8. The van der Waals surface area contributed by atoms with Gasteiger partial charge in [0.25, 0.3) is 5.79 Å². The number of aliphatic hydroxyl groups excluding tert-OH is 4. The zero-order chi connectivity index (χ0) is 20.8. The fourth-order valence-corrected chi connectivity index (χ4v) is 3.26. The Morgan fingerprint density at radius 3 is 2.32 bits per heavy atom. The van der Waals surface area contributed by atoms with Crippen molar-refractivity contribution in [3.05, 3.63) is 0 Å². The largest absolute Gasteiger partial charge is 0.479 e. The number of hydrogen-bond donors (Lipinski definition) is 6. The van der Waals surface area contributed by atoms with Gasteiger partial charge >= 0.3 is 11.9 Å². The molecule has 3 aliphatic rings. The van der Waals surface area contributed by atoms with E-state index >= 15 is 0 Å². The summed E-state index contributed by atoms with van der Waals surface area (Å²) in [4.78, 5) is 22.6. The topological polar surface area (TPSA) is 202 Å². The molecule has 13 heteroatoms. The highest BCUT2D eigenvalue weighted by molar-refractivity contribution is 5.75. The summed E-state index contributed by atoms with van der Waals surface area (Å²) in [5.74, 6) is -4.96. The second-order valence-corrected chi connectivity index (χ2v) is 6.92. The average Bonchev–Trinajstić information content (AvgIpc) is 2.63. The van der Waals surface area contributed by atoms with Gasteiger partial charge in [-0.05, 0) is 0 Å². The highest BCUT2D eigenvalue weighted by Gasteiger charge is 2.56. The molecule has 0 bridgehead atoms. The maximum Gasteiger partial charge on any atom is 0.364 e. The molecule has 0 amide bonds. The Morgan fingerprint density at radius 1 is 1.04 bits per heavy atom. The van der Waals surface area contributed by atoms with Crippen LogP contribution >= 0.6 is 0 Å². The first-order valence-electron chi connectivity index (χ1n) is 8.48. The molecule has 13 nitrogen and oxygen atoms in total. The molecule has 0 aromatic heterocycles. The first-order valence-corrected chi connectivity index (χ1v) is 8.48. The van der Waals surface area contributed by atoms with Gasteiger partial charge in [0, 0.05) is 6.92 Å². The normalized spacial score (nSPS) is 49.2. The number of carboxylic acids is 2. The first kappa shape index (κ1) is 21.3. The monoisotopic (exact) mass is 410 g/mol. The quantitative estimate of drug-likeness (QED) is 0.264. The van der Waals surface area contributed by atoms with E-state index in [9.17, 15) is 35.1 Å². The van der Waals surface area contributed by atoms with Gasteiger partial charge in [0.1, 0.15) is 42.7 Å². The van der Waals surface area contributed by atoms with Gasteiger partial charge in [-0.2, -0.15) is 0 Å². The minimum Gasteiger partial charge on any atom is -0.479 e. The summed E-state index contributed by atoms with van der Waals surface area (Å²) in [7, 11) is 0. The minimum atomic E-state index is -2.05. The van der Waals surface area contributed by atoms with Crippen molar-refractivity contribution >= 4 is 11.9 Å². The smallest absolute Gasteiger partial charge is 0.364 e. The molecule has 160 valence electrons. The van der Waals surface area contributed by atoms with E-state index < -0.39 is 79.5 Å². The summed E-state index contributed by atoms with van der Waals surface area (Å²) >= 11 is 0. The van der Waals surface area contributed by atoms with Crippen LogP contribution in [0.3, 0.4) is 0 Å². The van der Waals surface area contributed by atoms with E-state index in [1.54, 1.807) is 0 Å². The Morgan fingerprint density at radius 2 is 1.71 bits per heavy atom. The van der Waals surface area contributed by atoms with Gasteiger partial charge < -0.3 is 54.3 Å². The van der Waals surface area contributed by atoms with Crippen molar-refractivity contribution in [2.24, 2.45) is 0 Å². The number of aliphatic carboxylic acids is 2. The van der Waals surface area contributed by atoms with Crippen molar-refractivity contribution in [2.45, 2.75) is 67.8 Å². The van der Waals surface area contributed by atoms with Crippen LogP contribution in [-0.2, 0) is 33.3 Å². The third kappa shape index (κ3) is 3.72. The van der Waals surface area contributed by atoms with E-state index in [-0.39, 0.29) is 6.61 Å². The number of hydrogen-bond acceptors (Lipinski definition) is 11. The van der Waals surface area contributed by atoms with E-state index in [0.29, 0.717) is 0 Å². The van der Waals surface area contributed by atoms with Gasteiger partial charge in [-0.1, -0.05) is 0 Å². The second-order valence-electron chi connectivity index (χ2n) is 6.92. The van der Waals surface area contributed by atoms with Crippen LogP contribution in [0.2, 0.25) is 0 Å². The number of fused-ring (bicyclic) bond motifs is 1. The summed E-state index contributed by atoms with van der Waals surface area (Å²) in [6.45, 7) is 0.364. The lowest BCUT2D eigenvalue weighted by molar-refractivity contribution is -0.389.